The molecule has 0 aromatic rings. The molecule has 0 saturated carbocycles. The topological polar surface area (TPSA) is 32.8 Å². The van der Waals surface area contributed by atoms with Crippen LogP contribution in [-0.2, 0) is 9.09 Å². The van der Waals surface area contributed by atoms with Gasteiger partial charge in [0, 0.05) is 19.8 Å². The van der Waals surface area contributed by atoms with Gasteiger partial charge >= 0.3 is 7.67 Å². The lowest BCUT2D eigenvalue weighted by Gasteiger charge is -2.35. The van der Waals surface area contributed by atoms with Crippen molar-refractivity contribution in [3.8, 4) is 0 Å². The Labute approximate surface area is 73.4 Å². The zero-order valence-electron chi connectivity index (χ0n) is 7.73. The molecule has 0 spiro atoms. The Balaban J connectivity index is 2.84. The molecule has 1 rings (SSSR count). The molecular weight excluding hydrogens is 175 g/mol. The van der Waals surface area contributed by atoms with E-state index in [1.165, 1.54) is 0 Å². The summed E-state index contributed by atoms with van der Waals surface area (Å²) in [7, 11) is 0.853. The molecule has 0 N–H and O–H groups in total. The number of nitrogens with zero attached hydrogens (tertiary/aromatic N) is 2. The molecule has 1 atom stereocenters. The van der Waals surface area contributed by atoms with Crippen molar-refractivity contribution in [1.29, 1.82) is 0 Å². The first-order valence-electron chi connectivity index (χ1n) is 3.97. The fraction of sp³-hybridized carbons (Fsp3) is 0.714. The van der Waals surface area contributed by atoms with Gasteiger partial charge in [-0.15, -0.1) is 0 Å². The second-order valence-corrected chi connectivity index (χ2v) is 5.26. The van der Waals surface area contributed by atoms with Crippen LogP contribution in [0.15, 0.2) is 12.3 Å². The highest BCUT2D eigenvalue weighted by Crippen LogP contribution is 2.53. The average molecular weight is 190 g/mol. The van der Waals surface area contributed by atoms with Crippen LogP contribution >= 0.6 is 7.67 Å². The van der Waals surface area contributed by atoms with Gasteiger partial charge in [0.15, 0.2) is 0 Å². The van der Waals surface area contributed by atoms with Gasteiger partial charge in [-0.05, 0) is 14.0 Å². The molecule has 1 heterocycles. The molecule has 5 heteroatoms. The van der Waals surface area contributed by atoms with E-state index >= 15 is 0 Å². The third-order valence-electron chi connectivity index (χ3n) is 1.82. The van der Waals surface area contributed by atoms with Crippen LogP contribution in [0.5, 0.6) is 0 Å². The standard InChI is InChI=1S/C7H15N2O2P/c1-4-11-12(10)8(2)6-5-7-9(12)3/h5-6H,4,7H2,1-3H3. The van der Waals surface area contributed by atoms with Crippen LogP contribution in [0, 0.1) is 0 Å². The van der Waals surface area contributed by atoms with Crippen molar-refractivity contribution in [2.24, 2.45) is 0 Å². The van der Waals surface area contributed by atoms with Gasteiger partial charge in [0.05, 0.1) is 6.61 Å². The summed E-state index contributed by atoms with van der Waals surface area (Å²) in [6, 6.07) is 0. The lowest BCUT2D eigenvalue weighted by atomic mass is 10.6. The molecule has 0 fully saturated rings. The van der Waals surface area contributed by atoms with Crippen LogP contribution in [0.2, 0.25) is 0 Å². The average Bonchev–Trinajstić information content (AvgIpc) is 2.02. The van der Waals surface area contributed by atoms with E-state index in [0.29, 0.717) is 13.2 Å². The molecule has 0 aromatic heterocycles. The first kappa shape index (κ1) is 9.78. The minimum Gasteiger partial charge on any atom is -0.302 e. The van der Waals surface area contributed by atoms with Gasteiger partial charge in [-0.3, -0.25) is 4.67 Å². The highest BCUT2D eigenvalue weighted by molar-refractivity contribution is 7.54. The predicted octanol–water partition coefficient (Wildman–Crippen LogP) is 1.52. The zero-order chi connectivity index (χ0) is 9.19. The van der Waals surface area contributed by atoms with Crippen molar-refractivity contribution in [1.82, 2.24) is 9.34 Å². The Hall–Kier alpha value is -0.310. The van der Waals surface area contributed by atoms with Crippen molar-refractivity contribution >= 4 is 7.67 Å². The highest BCUT2D eigenvalue weighted by Gasteiger charge is 2.33. The number of hydrogen-bond acceptors (Lipinski definition) is 2. The van der Waals surface area contributed by atoms with E-state index < -0.39 is 7.67 Å². The van der Waals surface area contributed by atoms with Crippen LogP contribution in [-0.4, -0.2) is 36.6 Å². The number of rotatable bonds is 2. The molecule has 70 valence electrons. The van der Waals surface area contributed by atoms with Crippen LogP contribution in [0.25, 0.3) is 0 Å². The Kier molecular flexibility index (Phi) is 2.94. The van der Waals surface area contributed by atoms with Crippen molar-refractivity contribution < 1.29 is 9.09 Å². The number of likely N-dealkylation sites (N-methyl/N-ethyl adjacent to an activating group) is 1. The first-order chi connectivity index (χ1) is 5.61. The van der Waals surface area contributed by atoms with Gasteiger partial charge in [0.25, 0.3) is 0 Å². The van der Waals surface area contributed by atoms with E-state index in [-0.39, 0.29) is 0 Å². The minimum atomic E-state index is -2.72. The normalized spacial score (nSPS) is 31.1. The zero-order valence-corrected chi connectivity index (χ0v) is 8.62. The van der Waals surface area contributed by atoms with Crippen LogP contribution in [0.1, 0.15) is 6.92 Å². The summed E-state index contributed by atoms with van der Waals surface area (Å²) in [6.45, 7) is 3.00. The van der Waals surface area contributed by atoms with E-state index in [9.17, 15) is 4.57 Å². The van der Waals surface area contributed by atoms with Gasteiger partial charge in [-0.25, -0.2) is 9.24 Å². The van der Waals surface area contributed by atoms with Crippen LogP contribution < -0.4 is 0 Å². The monoisotopic (exact) mass is 190 g/mol. The molecule has 0 radical (unpaired) electrons. The van der Waals surface area contributed by atoms with Gasteiger partial charge < -0.3 is 4.52 Å². The highest BCUT2D eigenvalue weighted by atomic mass is 31.2. The van der Waals surface area contributed by atoms with Crippen molar-refractivity contribution in [3.63, 3.8) is 0 Å². The fourth-order valence-corrected chi connectivity index (χ4v) is 2.90. The number of hydrogen-bond donors (Lipinski definition) is 0. The summed E-state index contributed by atoms with van der Waals surface area (Å²) in [6.07, 6.45) is 3.76. The Morgan fingerprint density at radius 1 is 1.58 bits per heavy atom. The maximum atomic E-state index is 12.1. The SMILES string of the molecule is CCOP1(=O)N(C)C=CCN1C. The van der Waals surface area contributed by atoms with Gasteiger partial charge in [-0.2, -0.15) is 0 Å². The smallest absolute Gasteiger partial charge is 0.302 e. The minimum absolute atomic E-state index is 0.472. The third-order valence-corrected chi connectivity index (χ3v) is 4.37. The Morgan fingerprint density at radius 2 is 2.25 bits per heavy atom. The van der Waals surface area contributed by atoms with Gasteiger partial charge in [0.1, 0.15) is 0 Å². The summed E-state index contributed by atoms with van der Waals surface area (Å²) >= 11 is 0. The van der Waals surface area contributed by atoms with Crippen LogP contribution in [0.4, 0.5) is 0 Å². The van der Waals surface area contributed by atoms with Gasteiger partial charge in [-0.1, -0.05) is 6.08 Å². The third kappa shape index (κ3) is 1.56. The first-order valence-corrected chi connectivity index (χ1v) is 5.50. The second kappa shape index (κ2) is 3.60. The maximum absolute atomic E-state index is 12.1. The summed E-state index contributed by atoms with van der Waals surface area (Å²) in [5.41, 5.74) is 0. The summed E-state index contributed by atoms with van der Waals surface area (Å²) in [5, 5.41) is 0. The molecule has 0 bridgehead atoms. The maximum Gasteiger partial charge on any atom is 0.370 e. The van der Waals surface area contributed by atoms with E-state index in [4.69, 9.17) is 4.52 Å². The molecule has 0 aliphatic carbocycles. The molecular formula is C7H15N2O2P. The summed E-state index contributed by atoms with van der Waals surface area (Å²) in [4.78, 5) is 0. The van der Waals surface area contributed by atoms with Gasteiger partial charge in [0.2, 0.25) is 0 Å². The Morgan fingerprint density at radius 3 is 2.75 bits per heavy atom. The van der Waals surface area contributed by atoms with E-state index in [2.05, 4.69) is 0 Å². The quantitative estimate of drug-likeness (QED) is 0.618. The molecule has 0 amide bonds. The molecule has 0 saturated heterocycles. The summed E-state index contributed by atoms with van der Waals surface area (Å²) < 4.78 is 20.7. The molecule has 1 unspecified atom stereocenters. The predicted molar refractivity (Wildman–Crippen MR) is 48.8 cm³/mol. The van der Waals surface area contributed by atoms with Crippen molar-refractivity contribution in [2.45, 2.75) is 6.92 Å². The van der Waals surface area contributed by atoms with Crippen molar-refractivity contribution in [3.05, 3.63) is 12.3 Å². The Bertz CT molecular complexity index is 229. The fourth-order valence-electron chi connectivity index (χ4n) is 1.14. The molecule has 1 aliphatic rings. The van der Waals surface area contributed by atoms with E-state index in [1.54, 1.807) is 29.6 Å². The van der Waals surface area contributed by atoms with Crippen LogP contribution in [0.3, 0.4) is 0 Å². The lowest BCUT2D eigenvalue weighted by Crippen LogP contribution is -2.29. The van der Waals surface area contributed by atoms with E-state index in [1.807, 2.05) is 13.0 Å². The largest absolute Gasteiger partial charge is 0.370 e. The molecule has 0 aromatic carbocycles. The molecule has 12 heavy (non-hydrogen) atoms. The van der Waals surface area contributed by atoms with Crippen molar-refractivity contribution in [2.75, 3.05) is 27.2 Å². The van der Waals surface area contributed by atoms with E-state index in [0.717, 1.165) is 0 Å². The summed E-state index contributed by atoms with van der Waals surface area (Å²) in [5.74, 6) is 0. The molecule has 4 nitrogen and oxygen atoms in total. The lowest BCUT2D eigenvalue weighted by molar-refractivity contribution is 0.253. The second-order valence-electron chi connectivity index (χ2n) is 2.71. The molecule has 1 aliphatic heterocycles.